The lowest BCUT2D eigenvalue weighted by molar-refractivity contribution is 0.0772. The Labute approximate surface area is 171 Å². The summed E-state index contributed by atoms with van der Waals surface area (Å²) in [7, 11) is 0. The molecule has 0 heterocycles. The number of anilines is 2. The Bertz CT molecular complexity index is 876. The van der Waals surface area contributed by atoms with Gasteiger partial charge in [-0.15, -0.1) is 0 Å². The maximum Gasteiger partial charge on any atom is 0.319 e. The minimum atomic E-state index is -0.382. The van der Waals surface area contributed by atoms with E-state index in [-0.39, 0.29) is 23.9 Å². The Morgan fingerprint density at radius 1 is 0.931 bits per heavy atom. The number of benzene rings is 2. The van der Waals surface area contributed by atoms with Crippen molar-refractivity contribution in [1.29, 1.82) is 0 Å². The lowest BCUT2D eigenvalue weighted by atomic mass is 10.1. The third-order valence-electron chi connectivity index (χ3n) is 4.26. The number of carbonyl (C=O) groups excluding carboxylic acids is 3. The smallest absolute Gasteiger partial charge is 0.319 e. The molecule has 2 aromatic rings. The first-order chi connectivity index (χ1) is 13.8. The predicted octanol–water partition coefficient (Wildman–Crippen LogP) is 3.95. The van der Waals surface area contributed by atoms with Gasteiger partial charge >= 0.3 is 6.03 Å². The molecule has 29 heavy (non-hydrogen) atoms. The summed E-state index contributed by atoms with van der Waals surface area (Å²) in [6, 6.07) is 13.2. The molecule has 0 radical (unpaired) electrons. The van der Waals surface area contributed by atoms with Crippen LogP contribution in [0, 0.1) is 0 Å². The zero-order chi connectivity index (χ0) is 21.4. The molecule has 3 N–H and O–H groups in total. The quantitative estimate of drug-likeness (QED) is 0.662. The molecule has 2 rings (SSSR count). The van der Waals surface area contributed by atoms with Gasteiger partial charge in [-0.25, -0.2) is 4.79 Å². The number of hydrogen-bond acceptors (Lipinski definition) is 3. The van der Waals surface area contributed by atoms with Crippen molar-refractivity contribution in [2.45, 2.75) is 33.7 Å². The van der Waals surface area contributed by atoms with Gasteiger partial charge in [0.25, 0.3) is 11.8 Å². The standard InChI is InChI=1S/C22H28N4O3/c1-5-26(6-2)21(28)16-10-9-11-17(14-16)24-20(27)18-12-7-8-13-19(18)25-22(29)23-15(3)4/h7-15H,5-6H2,1-4H3,(H,24,27)(H2,23,25,29). The van der Waals surface area contributed by atoms with Gasteiger partial charge in [0.05, 0.1) is 11.3 Å². The lowest BCUT2D eigenvalue weighted by Gasteiger charge is -2.19. The van der Waals surface area contributed by atoms with Gasteiger partial charge in [0, 0.05) is 30.4 Å². The van der Waals surface area contributed by atoms with Crippen molar-refractivity contribution in [3.63, 3.8) is 0 Å². The number of urea groups is 1. The van der Waals surface area contributed by atoms with Gasteiger partial charge in [0.15, 0.2) is 0 Å². The topological polar surface area (TPSA) is 90.5 Å². The Kier molecular flexibility index (Phi) is 7.77. The van der Waals surface area contributed by atoms with E-state index in [0.717, 1.165) is 0 Å². The molecule has 0 fully saturated rings. The van der Waals surface area contributed by atoms with E-state index in [4.69, 9.17) is 0 Å². The van der Waals surface area contributed by atoms with Gasteiger partial charge in [-0.05, 0) is 58.0 Å². The van der Waals surface area contributed by atoms with E-state index >= 15 is 0 Å². The minimum absolute atomic E-state index is 0.0259. The van der Waals surface area contributed by atoms with E-state index in [1.165, 1.54) is 0 Å². The number of nitrogens with zero attached hydrogens (tertiary/aromatic N) is 1. The number of amides is 4. The fraction of sp³-hybridized carbons (Fsp3) is 0.318. The van der Waals surface area contributed by atoms with Crippen LogP contribution in [0.1, 0.15) is 48.4 Å². The summed E-state index contributed by atoms with van der Waals surface area (Å²) in [5.41, 5.74) is 1.74. The van der Waals surface area contributed by atoms with Crippen LogP contribution in [0.3, 0.4) is 0 Å². The number of nitrogens with one attached hydrogen (secondary N) is 3. The highest BCUT2D eigenvalue weighted by Crippen LogP contribution is 2.19. The molecule has 154 valence electrons. The molecule has 0 bridgehead atoms. The molecule has 7 heteroatoms. The molecule has 0 spiro atoms. The zero-order valence-electron chi connectivity index (χ0n) is 17.3. The van der Waals surface area contributed by atoms with Gasteiger partial charge in [-0.3, -0.25) is 9.59 Å². The van der Waals surface area contributed by atoms with Crippen molar-refractivity contribution in [3.05, 3.63) is 59.7 Å². The summed E-state index contributed by atoms with van der Waals surface area (Å²) >= 11 is 0. The molecule has 7 nitrogen and oxygen atoms in total. The monoisotopic (exact) mass is 396 g/mol. The van der Waals surface area contributed by atoms with E-state index in [1.54, 1.807) is 53.4 Å². The lowest BCUT2D eigenvalue weighted by Crippen LogP contribution is -2.34. The molecule has 4 amide bonds. The summed E-state index contributed by atoms with van der Waals surface area (Å²) in [5, 5.41) is 8.22. The highest BCUT2D eigenvalue weighted by Gasteiger charge is 2.16. The van der Waals surface area contributed by atoms with Gasteiger partial charge < -0.3 is 20.9 Å². The first-order valence-corrected chi connectivity index (χ1v) is 9.72. The first-order valence-electron chi connectivity index (χ1n) is 9.72. The average molecular weight is 396 g/mol. The maximum absolute atomic E-state index is 12.8. The van der Waals surface area contributed by atoms with E-state index in [9.17, 15) is 14.4 Å². The molecule has 0 unspecified atom stereocenters. The third kappa shape index (κ3) is 6.07. The summed E-state index contributed by atoms with van der Waals surface area (Å²) in [6.45, 7) is 8.78. The molecule has 0 aliphatic heterocycles. The fourth-order valence-corrected chi connectivity index (χ4v) is 2.83. The second-order valence-corrected chi connectivity index (χ2v) is 6.81. The molecule has 2 aromatic carbocycles. The minimum Gasteiger partial charge on any atom is -0.339 e. The van der Waals surface area contributed by atoms with Crippen molar-refractivity contribution in [1.82, 2.24) is 10.2 Å². The summed E-state index contributed by atoms with van der Waals surface area (Å²) < 4.78 is 0. The molecular formula is C22H28N4O3. The van der Waals surface area contributed by atoms with Crippen LogP contribution in [0.25, 0.3) is 0 Å². The van der Waals surface area contributed by atoms with Gasteiger partial charge in [0.1, 0.15) is 0 Å². The van der Waals surface area contributed by atoms with E-state index in [1.807, 2.05) is 27.7 Å². The molecule has 0 atom stereocenters. The number of carbonyl (C=O) groups is 3. The fourth-order valence-electron chi connectivity index (χ4n) is 2.83. The second-order valence-electron chi connectivity index (χ2n) is 6.81. The van der Waals surface area contributed by atoms with Crippen molar-refractivity contribution in [3.8, 4) is 0 Å². The summed E-state index contributed by atoms with van der Waals surface area (Å²) in [6.07, 6.45) is 0. The predicted molar refractivity (Wildman–Crippen MR) is 115 cm³/mol. The molecule has 0 aromatic heterocycles. The van der Waals surface area contributed by atoms with Crippen LogP contribution < -0.4 is 16.0 Å². The second kappa shape index (κ2) is 10.3. The number of rotatable bonds is 7. The van der Waals surface area contributed by atoms with E-state index in [0.29, 0.717) is 35.6 Å². The van der Waals surface area contributed by atoms with Gasteiger partial charge in [-0.2, -0.15) is 0 Å². The van der Waals surface area contributed by atoms with Crippen LogP contribution in [-0.2, 0) is 0 Å². The van der Waals surface area contributed by atoms with Gasteiger partial charge in [0.2, 0.25) is 0 Å². The number of para-hydroxylation sites is 1. The van der Waals surface area contributed by atoms with Crippen molar-refractivity contribution in [2.24, 2.45) is 0 Å². The Morgan fingerprint density at radius 3 is 2.28 bits per heavy atom. The van der Waals surface area contributed by atoms with Crippen LogP contribution in [0.15, 0.2) is 48.5 Å². The maximum atomic E-state index is 12.8. The molecular weight excluding hydrogens is 368 g/mol. The normalized spacial score (nSPS) is 10.4. The van der Waals surface area contributed by atoms with Crippen LogP contribution in [0.5, 0.6) is 0 Å². The highest BCUT2D eigenvalue weighted by molar-refractivity contribution is 6.10. The Balaban J connectivity index is 2.18. The van der Waals surface area contributed by atoms with Crippen LogP contribution >= 0.6 is 0 Å². The van der Waals surface area contributed by atoms with E-state index in [2.05, 4.69) is 16.0 Å². The number of hydrogen-bond donors (Lipinski definition) is 3. The van der Waals surface area contributed by atoms with E-state index < -0.39 is 0 Å². The summed E-state index contributed by atoms with van der Waals surface area (Å²) in [5.74, 6) is -0.462. The molecule has 0 saturated carbocycles. The van der Waals surface area contributed by atoms with Crippen LogP contribution in [0.2, 0.25) is 0 Å². The van der Waals surface area contributed by atoms with Gasteiger partial charge in [-0.1, -0.05) is 18.2 Å². The molecule has 0 saturated heterocycles. The van der Waals surface area contributed by atoms with Crippen molar-refractivity contribution in [2.75, 3.05) is 23.7 Å². The first kappa shape index (κ1) is 21.9. The van der Waals surface area contributed by atoms with Crippen molar-refractivity contribution >= 4 is 29.2 Å². The zero-order valence-corrected chi connectivity index (χ0v) is 17.3. The average Bonchev–Trinajstić information content (AvgIpc) is 2.68. The highest BCUT2D eigenvalue weighted by atomic mass is 16.2. The largest absolute Gasteiger partial charge is 0.339 e. The Morgan fingerprint density at radius 2 is 1.62 bits per heavy atom. The molecule has 0 aliphatic carbocycles. The molecule has 0 aliphatic rings. The Hall–Kier alpha value is -3.35. The van der Waals surface area contributed by atoms with Crippen LogP contribution in [-0.4, -0.2) is 41.9 Å². The summed E-state index contributed by atoms with van der Waals surface area (Å²) in [4.78, 5) is 39.0. The van der Waals surface area contributed by atoms with Crippen LogP contribution in [0.4, 0.5) is 16.2 Å². The SMILES string of the molecule is CCN(CC)C(=O)c1cccc(NC(=O)c2ccccc2NC(=O)NC(C)C)c1. The van der Waals surface area contributed by atoms with Crippen molar-refractivity contribution < 1.29 is 14.4 Å². The third-order valence-corrected chi connectivity index (χ3v) is 4.26.